The molecule has 0 aliphatic rings. The van der Waals surface area contributed by atoms with E-state index in [1.165, 1.54) is 12.1 Å². The molecule has 2 aromatic rings. The Bertz CT molecular complexity index is 502. The first-order chi connectivity index (χ1) is 8.66. The molecule has 1 aromatic carbocycles. The summed E-state index contributed by atoms with van der Waals surface area (Å²) in [6, 6.07) is 4.59. The van der Waals surface area contributed by atoms with Crippen LogP contribution in [0.5, 0.6) is 0 Å². The molecule has 18 heavy (non-hydrogen) atoms. The lowest BCUT2D eigenvalue weighted by Gasteiger charge is -2.15. The molecular weight excluding hydrogens is 271 g/mol. The second-order valence-electron chi connectivity index (χ2n) is 4.02. The molecule has 0 bridgehead atoms. The van der Waals surface area contributed by atoms with E-state index in [4.69, 9.17) is 11.6 Å². The summed E-state index contributed by atoms with van der Waals surface area (Å²) in [6.07, 6.45) is 2.70. The van der Waals surface area contributed by atoms with Crippen LogP contribution >= 0.6 is 22.9 Å². The van der Waals surface area contributed by atoms with Crippen LogP contribution in [-0.2, 0) is 6.42 Å². The monoisotopic (exact) mass is 284 g/mol. The van der Waals surface area contributed by atoms with Gasteiger partial charge in [0.05, 0.1) is 5.01 Å². The van der Waals surface area contributed by atoms with Crippen molar-refractivity contribution in [3.8, 4) is 0 Å². The van der Waals surface area contributed by atoms with Crippen molar-refractivity contribution in [1.82, 2.24) is 10.3 Å². The number of nitrogens with one attached hydrogen (secondary N) is 1. The van der Waals surface area contributed by atoms with Gasteiger partial charge < -0.3 is 5.32 Å². The highest BCUT2D eigenvalue weighted by Crippen LogP contribution is 2.23. The van der Waals surface area contributed by atoms with Crippen LogP contribution in [0.3, 0.4) is 0 Å². The third-order valence-corrected chi connectivity index (χ3v) is 3.87. The van der Waals surface area contributed by atoms with Crippen LogP contribution in [-0.4, -0.2) is 11.5 Å². The zero-order valence-corrected chi connectivity index (χ0v) is 11.6. The standard InChI is InChI=1S/C13H14ClFN2S/c1-9(11-3-2-10(15)8-12(11)14)16-5-4-13-17-6-7-18-13/h2-3,6-9,16H,4-5H2,1H3. The van der Waals surface area contributed by atoms with Crippen LogP contribution in [0, 0.1) is 5.82 Å². The first-order valence-electron chi connectivity index (χ1n) is 5.73. The van der Waals surface area contributed by atoms with E-state index in [1.807, 2.05) is 12.3 Å². The summed E-state index contributed by atoms with van der Waals surface area (Å²) >= 11 is 7.66. The Labute approximate surface area is 115 Å². The normalized spacial score (nSPS) is 12.6. The van der Waals surface area contributed by atoms with Gasteiger partial charge >= 0.3 is 0 Å². The molecule has 1 atom stereocenters. The second kappa shape index (κ2) is 6.27. The second-order valence-corrected chi connectivity index (χ2v) is 5.40. The zero-order valence-electron chi connectivity index (χ0n) is 9.99. The third kappa shape index (κ3) is 3.51. The Morgan fingerprint density at radius 3 is 3.00 bits per heavy atom. The van der Waals surface area contributed by atoms with Crippen molar-refractivity contribution in [2.24, 2.45) is 0 Å². The van der Waals surface area contributed by atoms with E-state index >= 15 is 0 Å². The van der Waals surface area contributed by atoms with Gasteiger partial charge in [0.15, 0.2) is 0 Å². The summed E-state index contributed by atoms with van der Waals surface area (Å²) in [5.74, 6) is -0.307. The molecular formula is C13H14ClFN2S. The summed E-state index contributed by atoms with van der Waals surface area (Å²) in [5.41, 5.74) is 0.914. The summed E-state index contributed by atoms with van der Waals surface area (Å²) in [6.45, 7) is 2.84. The number of thiazole rings is 1. The average Bonchev–Trinajstić information content (AvgIpc) is 2.81. The van der Waals surface area contributed by atoms with Gasteiger partial charge in [0.25, 0.3) is 0 Å². The maximum Gasteiger partial charge on any atom is 0.124 e. The van der Waals surface area contributed by atoms with Crippen molar-refractivity contribution in [1.29, 1.82) is 0 Å². The highest BCUT2D eigenvalue weighted by molar-refractivity contribution is 7.09. The lowest BCUT2D eigenvalue weighted by atomic mass is 10.1. The van der Waals surface area contributed by atoms with Crippen molar-refractivity contribution in [2.75, 3.05) is 6.54 Å². The molecule has 0 saturated heterocycles. The SMILES string of the molecule is CC(NCCc1nccs1)c1ccc(F)cc1Cl. The highest BCUT2D eigenvalue weighted by Gasteiger charge is 2.09. The van der Waals surface area contributed by atoms with Crippen LogP contribution < -0.4 is 5.32 Å². The van der Waals surface area contributed by atoms with Gasteiger partial charge in [0.1, 0.15) is 5.82 Å². The number of aromatic nitrogens is 1. The van der Waals surface area contributed by atoms with Crippen LogP contribution in [0.1, 0.15) is 23.5 Å². The molecule has 1 heterocycles. The van der Waals surface area contributed by atoms with Gasteiger partial charge in [-0.1, -0.05) is 17.7 Å². The number of rotatable bonds is 5. The van der Waals surface area contributed by atoms with Crippen molar-refractivity contribution < 1.29 is 4.39 Å². The molecule has 0 aliphatic heterocycles. The van der Waals surface area contributed by atoms with Crippen LogP contribution in [0.2, 0.25) is 5.02 Å². The van der Waals surface area contributed by atoms with E-state index in [2.05, 4.69) is 10.3 Å². The Balaban J connectivity index is 1.89. The quantitative estimate of drug-likeness (QED) is 0.903. The molecule has 1 aromatic heterocycles. The Hall–Kier alpha value is -0.970. The van der Waals surface area contributed by atoms with Crippen molar-refractivity contribution in [2.45, 2.75) is 19.4 Å². The van der Waals surface area contributed by atoms with Gasteiger partial charge in [-0.25, -0.2) is 9.37 Å². The molecule has 0 aliphatic carbocycles. The van der Waals surface area contributed by atoms with Gasteiger partial charge in [0, 0.05) is 35.6 Å². The molecule has 0 saturated carbocycles. The molecule has 0 spiro atoms. The summed E-state index contributed by atoms with van der Waals surface area (Å²) in [4.78, 5) is 4.22. The van der Waals surface area contributed by atoms with Crippen LogP contribution in [0.4, 0.5) is 4.39 Å². The summed E-state index contributed by atoms with van der Waals surface area (Å²) in [7, 11) is 0. The molecule has 0 fully saturated rings. The number of benzene rings is 1. The van der Waals surface area contributed by atoms with Gasteiger partial charge in [-0.3, -0.25) is 0 Å². The molecule has 1 unspecified atom stereocenters. The minimum absolute atomic E-state index is 0.0954. The molecule has 2 rings (SSSR count). The lowest BCUT2D eigenvalue weighted by molar-refractivity contribution is 0.573. The fourth-order valence-electron chi connectivity index (χ4n) is 1.73. The molecule has 2 nitrogen and oxygen atoms in total. The summed E-state index contributed by atoms with van der Waals surface area (Å²) in [5, 5.41) is 6.90. The molecule has 0 amide bonds. The minimum atomic E-state index is -0.307. The van der Waals surface area contributed by atoms with Gasteiger partial charge in [-0.15, -0.1) is 11.3 Å². The first kappa shape index (κ1) is 13.5. The number of hydrogen-bond donors (Lipinski definition) is 1. The number of nitrogens with zero attached hydrogens (tertiary/aromatic N) is 1. The summed E-state index contributed by atoms with van der Waals surface area (Å²) < 4.78 is 12.9. The molecule has 1 N–H and O–H groups in total. The molecule has 96 valence electrons. The average molecular weight is 285 g/mol. The predicted octanol–water partition coefficient (Wildman–Crippen LogP) is 3.83. The van der Waals surface area contributed by atoms with E-state index in [0.717, 1.165) is 23.5 Å². The van der Waals surface area contributed by atoms with E-state index in [9.17, 15) is 4.39 Å². The van der Waals surface area contributed by atoms with Gasteiger partial charge in [-0.05, 0) is 24.6 Å². The van der Waals surface area contributed by atoms with Gasteiger partial charge in [-0.2, -0.15) is 0 Å². The molecule has 5 heteroatoms. The first-order valence-corrected chi connectivity index (χ1v) is 6.99. The Morgan fingerprint density at radius 1 is 1.50 bits per heavy atom. The van der Waals surface area contributed by atoms with Gasteiger partial charge in [0.2, 0.25) is 0 Å². The number of halogens is 2. The maximum absolute atomic E-state index is 12.9. The predicted molar refractivity (Wildman–Crippen MR) is 73.6 cm³/mol. The smallest absolute Gasteiger partial charge is 0.124 e. The van der Waals surface area contributed by atoms with Crippen LogP contribution in [0.15, 0.2) is 29.8 Å². The fourth-order valence-corrected chi connectivity index (χ4v) is 2.69. The van der Waals surface area contributed by atoms with E-state index in [-0.39, 0.29) is 11.9 Å². The highest BCUT2D eigenvalue weighted by atomic mass is 35.5. The lowest BCUT2D eigenvalue weighted by Crippen LogP contribution is -2.21. The zero-order chi connectivity index (χ0) is 13.0. The van der Waals surface area contributed by atoms with Crippen molar-refractivity contribution in [3.63, 3.8) is 0 Å². The number of hydrogen-bond acceptors (Lipinski definition) is 3. The maximum atomic E-state index is 12.9. The van der Waals surface area contributed by atoms with E-state index in [0.29, 0.717) is 5.02 Å². The minimum Gasteiger partial charge on any atom is -0.310 e. The fraction of sp³-hybridized carbons (Fsp3) is 0.308. The van der Waals surface area contributed by atoms with Crippen LogP contribution in [0.25, 0.3) is 0 Å². The Kier molecular flexibility index (Phi) is 4.69. The third-order valence-electron chi connectivity index (χ3n) is 2.70. The topological polar surface area (TPSA) is 24.9 Å². The Morgan fingerprint density at radius 2 is 2.33 bits per heavy atom. The largest absolute Gasteiger partial charge is 0.310 e. The molecule has 0 radical (unpaired) electrons. The van der Waals surface area contributed by atoms with E-state index < -0.39 is 0 Å². The van der Waals surface area contributed by atoms with E-state index in [1.54, 1.807) is 23.6 Å². The van der Waals surface area contributed by atoms with Crippen molar-refractivity contribution in [3.05, 3.63) is 51.2 Å². The van der Waals surface area contributed by atoms with Crippen molar-refractivity contribution >= 4 is 22.9 Å².